The zero-order chi connectivity index (χ0) is 28.2. The number of benzene rings is 2. The summed E-state index contributed by atoms with van der Waals surface area (Å²) in [7, 11) is 0. The van der Waals surface area contributed by atoms with Gasteiger partial charge in [0.1, 0.15) is 0 Å². The summed E-state index contributed by atoms with van der Waals surface area (Å²) in [6, 6.07) is 12.4. The topological polar surface area (TPSA) is 60.0 Å². The number of amides is 1. The second kappa shape index (κ2) is 10.8. The second-order valence-electron chi connectivity index (χ2n) is 13.0. The van der Waals surface area contributed by atoms with Gasteiger partial charge in [-0.25, -0.2) is 4.99 Å². The van der Waals surface area contributed by atoms with Crippen molar-refractivity contribution in [2.45, 2.75) is 65.6 Å². The van der Waals surface area contributed by atoms with Crippen LogP contribution in [0.3, 0.4) is 0 Å². The normalized spacial score (nSPS) is 29.3. The number of hydrogen-bond acceptors (Lipinski definition) is 3. The van der Waals surface area contributed by atoms with Crippen molar-refractivity contribution in [3.8, 4) is 0 Å². The van der Waals surface area contributed by atoms with E-state index in [1.165, 1.54) is 12.8 Å². The smallest absolute Gasteiger partial charge is 0.254 e. The van der Waals surface area contributed by atoms with Crippen molar-refractivity contribution in [1.82, 2.24) is 15.1 Å². The molecule has 3 saturated carbocycles. The third kappa shape index (κ3) is 5.23. The van der Waals surface area contributed by atoms with Gasteiger partial charge >= 0.3 is 0 Å². The van der Waals surface area contributed by atoms with E-state index < -0.39 is 0 Å². The summed E-state index contributed by atoms with van der Waals surface area (Å²) in [5.74, 6) is 3.16. The fraction of sp³-hybridized carbons (Fsp3) is 0.562. The summed E-state index contributed by atoms with van der Waals surface area (Å²) in [5, 5.41) is 8.53. The van der Waals surface area contributed by atoms with Gasteiger partial charge in [0.05, 0.1) is 6.04 Å². The number of piperazine rings is 1. The molecule has 2 aromatic carbocycles. The summed E-state index contributed by atoms with van der Waals surface area (Å²) >= 11 is 12.4. The number of rotatable bonds is 5. The minimum absolute atomic E-state index is 0.0781. The van der Waals surface area contributed by atoms with Crippen molar-refractivity contribution < 1.29 is 4.79 Å². The van der Waals surface area contributed by atoms with E-state index in [0.29, 0.717) is 53.0 Å². The first-order valence-corrected chi connectivity index (χ1v) is 15.5. The summed E-state index contributed by atoms with van der Waals surface area (Å²) < 4.78 is 0. The van der Waals surface area contributed by atoms with Gasteiger partial charge in [0.15, 0.2) is 5.96 Å². The van der Waals surface area contributed by atoms with E-state index in [1.54, 1.807) is 6.07 Å². The number of carbonyl (C=O) groups excluding carboxylic acids is 1. The van der Waals surface area contributed by atoms with Crippen molar-refractivity contribution >= 4 is 40.8 Å². The first-order chi connectivity index (χ1) is 19.1. The van der Waals surface area contributed by atoms with Gasteiger partial charge in [0, 0.05) is 60.1 Å². The van der Waals surface area contributed by atoms with E-state index >= 15 is 0 Å². The van der Waals surface area contributed by atoms with Gasteiger partial charge in [-0.3, -0.25) is 4.79 Å². The number of guanidine groups is 1. The van der Waals surface area contributed by atoms with Gasteiger partial charge in [-0.05, 0) is 90.8 Å². The first-order valence-electron chi connectivity index (χ1n) is 14.8. The Labute approximate surface area is 248 Å². The minimum atomic E-state index is 0.0781. The maximum atomic E-state index is 13.2. The Bertz CT molecular complexity index is 1330. The zero-order valence-corrected chi connectivity index (χ0v) is 25.5. The van der Waals surface area contributed by atoms with Crippen molar-refractivity contribution in [3.63, 3.8) is 0 Å². The van der Waals surface area contributed by atoms with Crippen LogP contribution in [0, 0.1) is 23.2 Å². The molecule has 0 aromatic heterocycles. The number of anilines is 1. The molecule has 2 aromatic rings. The van der Waals surface area contributed by atoms with Crippen LogP contribution in [0.1, 0.15) is 62.0 Å². The van der Waals surface area contributed by atoms with Crippen molar-refractivity contribution in [3.05, 3.63) is 63.1 Å². The molecule has 3 aliphatic carbocycles. The monoisotopic (exact) mass is 581 g/mol. The average molecular weight is 583 g/mol. The van der Waals surface area contributed by atoms with E-state index in [2.05, 4.69) is 49.3 Å². The highest BCUT2D eigenvalue weighted by molar-refractivity contribution is 6.35. The number of carbonyl (C=O) groups is 1. The Balaban J connectivity index is 1.18. The number of fused-ring (bicyclic) bond motifs is 3. The van der Waals surface area contributed by atoms with Crippen LogP contribution in [0.5, 0.6) is 0 Å². The number of nitrogens with zero attached hydrogens (tertiary/aromatic N) is 3. The molecule has 2 bridgehead atoms. The second-order valence-corrected chi connectivity index (χ2v) is 13.8. The molecule has 7 rings (SSSR count). The Morgan fingerprint density at radius 1 is 1.15 bits per heavy atom. The molecule has 2 N–H and O–H groups in total. The number of hydrogen-bond donors (Lipinski definition) is 2. The quantitative estimate of drug-likeness (QED) is 0.320. The molecule has 0 spiro atoms. The molecule has 2 heterocycles. The van der Waals surface area contributed by atoms with Crippen LogP contribution in [-0.2, 0) is 13.0 Å². The molecule has 0 radical (unpaired) electrons. The van der Waals surface area contributed by atoms with E-state index in [-0.39, 0.29) is 5.91 Å². The molecular formula is C32H41Cl2N5O. The lowest BCUT2D eigenvalue weighted by Crippen LogP contribution is -2.57. The van der Waals surface area contributed by atoms with Crippen LogP contribution in [0.15, 0.2) is 41.4 Å². The molecule has 4 fully saturated rings. The van der Waals surface area contributed by atoms with Crippen molar-refractivity contribution in [1.29, 1.82) is 0 Å². The molecule has 40 heavy (non-hydrogen) atoms. The molecule has 5 aliphatic rings. The molecule has 8 heteroatoms. The molecular weight excluding hydrogens is 541 g/mol. The largest absolute Gasteiger partial charge is 0.340 e. The summed E-state index contributed by atoms with van der Waals surface area (Å²) in [6.45, 7) is 13.5. The first kappa shape index (κ1) is 27.9. The highest BCUT2D eigenvalue weighted by Gasteiger charge is 2.56. The van der Waals surface area contributed by atoms with Gasteiger partial charge in [-0.2, -0.15) is 0 Å². The van der Waals surface area contributed by atoms with Crippen molar-refractivity contribution in [2.75, 3.05) is 31.5 Å². The maximum absolute atomic E-state index is 13.2. The van der Waals surface area contributed by atoms with Crippen LogP contribution in [-0.4, -0.2) is 59.9 Å². The van der Waals surface area contributed by atoms with Crippen LogP contribution in [0.2, 0.25) is 10.0 Å². The molecule has 1 saturated heterocycles. The Morgan fingerprint density at radius 2 is 1.98 bits per heavy atom. The van der Waals surface area contributed by atoms with Crippen LogP contribution < -0.4 is 10.6 Å². The lowest BCUT2D eigenvalue weighted by molar-refractivity contribution is -0.108. The fourth-order valence-corrected chi connectivity index (χ4v) is 8.02. The number of aliphatic imine (C=N–C) groups is 1. The minimum Gasteiger partial charge on any atom is -0.340 e. The summed E-state index contributed by atoms with van der Waals surface area (Å²) in [4.78, 5) is 22.9. The zero-order valence-electron chi connectivity index (χ0n) is 24.0. The van der Waals surface area contributed by atoms with Gasteiger partial charge in [0.2, 0.25) is 0 Å². The summed E-state index contributed by atoms with van der Waals surface area (Å²) in [6.07, 6.45) is 3.22. The third-order valence-corrected chi connectivity index (χ3v) is 10.8. The van der Waals surface area contributed by atoms with E-state index in [1.807, 2.05) is 29.2 Å². The van der Waals surface area contributed by atoms with Crippen LogP contribution in [0.4, 0.5) is 5.69 Å². The van der Waals surface area contributed by atoms with Gasteiger partial charge < -0.3 is 20.4 Å². The van der Waals surface area contributed by atoms with Gasteiger partial charge in [-0.15, -0.1) is 0 Å². The molecule has 2 aliphatic heterocycles. The molecule has 214 valence electrons. The van der Waals surface area contributed by atoms with E-state index in [4.69, 9.17) is 28.2 Å². The van der Waals surface area contributed by atoms with Crippen molar-refractivity contribution in [2.24, 2.45) is 28.2 Å². The highest BCUT2D eigenvalue weighted by Crippen LogP contribution is 2.61. The molecule has 5 atom stereocenters. The van der Waals surface area contributed by atoms with Crippen LogP contribution >= 0.6 is 23.2 Å². The maximum Gasteiger partial charge on any atom is 0.254 e. The van der Waals surface area contributed by atoms with Gasteiger partial charge in [0.25, 0.3) is 5.91 Å². The SMILES string of the molecule is C[C@@H]1[C@@H](/N=C(/Nc2ccc3c(c2)CN(CCc2ccc(Cl)cc2Cl)C3=O)N2CCN[C@@H](C)C2)C[C@H]2C[C@@H]1C2(C)C. The standard InChI is InChI=1S/C32H41Cl2N5O/c1-19-17-39(12-10-35-19)31(37-29-15-23-14-27(20(29)2)32(23,3)4)36-25-7-8-26-22(13-25)18-38(30(26)40)11-9-21-5-6-24(33)16-28(21)34/h5-8,13,16,19-20,23,27,29,35H,9-12,14-15,17-18H2,1-4H3,(H,36,37)/t19-,20-,23+,27-,29-/m0/s1. The van der Waals surface area contributed by atoms with E-state index in [9.17, 15) is 4.79 Å². The number of halogens is 2. The third-order valence-electron chi connectivity index (χ3n) is 10.2. The average Bonchev–Trinajstić information content (AvgIpc) is 3.23. The Kier molecular flexibility index (Phi) is 7.56. The lowest BCUT2D eigenvalue weighted by Gasteiger charge is -2.61. The number of nitrogens with one attached hydrogen (secondary N) is 2. The lowest BCUT2D eigenvalue weighted by atomic mass is 9.45. The predicted octanol–water partition coefficient (Wildman–Crippen LogP) is 6.32. The van der Waals surface area contributed by atoms with Gasteiger partial charge in [-0.1, -0.05) is 50.0 Å². The summed E-state index contributed by atoms with van der Waals surface area (Å²) in [5.41, 5.74) is 4.28. The highest BCUT2D eigenvalue weighted by atomic mass is 35.5. The Hall–Kier alpha value is -2.28. The molecule has 6 nitrogen and oxygen atoms in total. The Morgan fingerprint density at radius 3 is 2.70 bits per heavy atom. The molecule has 1 amide bonds. The molecule has 0 unspecified atom stereocenters. The fourth-order valence-electron chi connectivity index (χ4n) is 7.52. The van der Waals surface area contributed by atoms with E-state index in [0.717, 1.165) is 59.8 Å². The van der Waals surface area contributed by atoms with Crippen LogP contribution in [0.25, 0.3) is 0 Å². The predicted molar refractivity (Wildman–Crippen MR) is 164 cm³/mol.